The summed E-state index contributed by atoms with van der Waals surface area (Å²) in [5.74, 6) is -0.308. The van der Waals surface area contributed by atoms with Crippen LogP contribution in [0.3, 0.4) is 0 Å². The number of esters is 1. The van der Waals surface area contributed by atoms with Crippen LogP contribution in [0.5, 0.6) is 0 Å². The van der Waals surface area contributed by atoms with Crippen LogP contribution in [0.25, 0.3) is 0 Å². The SMILES string of the molecule is CCC(CCCCC(=O)OCOC=O)SSC. The van der Waals surface area contributed by atoms with Crippen LogP contribution >= 0.6 is 21.6 Å². The van der Waals surface area contributed by atoms with Crippen LogP contribution in [0.15, 0.2) is 0 Å². The Morgan fingerprint density at radius 2 is 2.18 bits per heavy atom. The van der Waals surface area contributed by atoms with Crippen LogP contribution in [-0.4, -0.2) is 30.7 Å². The fourth-order valence-electron chi connectivity index (χ4n) is 1.30. The lowest BCUT2D eigenvalue weighted by Crippen LogP contribution is -2.08. The summed E-state index contributed by atoms with van der Waals surface area (Å²) in [6, 6.07) is 0. The smallest absolute Gasteiger partial charge is 0.308 e. The van der Waals surface area contributed by atoms with Gasteiger partial charge in [-0.1, -0.05) is 34.9 Å². The predicted octanol–water partition coefficient (Wildman–Crippen LogP) is 3.01. The van der Waals surface area contributed by atoms with Gasteiger partial charge in [0.25, 0.3) is 6.47 Å². The van der Waals surface area contributed by atoms with Crippen molar-refractivity contribution in [3.05, 3.63) is 0 Å². The lowest BCUT2D eigenvalue weighted by molar-refractivity contribution is -0.160. The summed E-state index contributed by atoms with van der Waals surface area (Å²) in [6.45, 7) is 2.17. The van der Waals surface area contributed by atoms with E-state index in [0.29, 0.717) is 11.7 Å². The van der Waals surface area contributed by atoms with Gasteiger partial charge in [0.15, 0.2) is 0 Å². The molecule has 17 heavy (non-hydrogen) atoms. The molecule has 4 nitrogen and oxygen atoms in total. The van der Waals surface area contributed by atoms with E-state index >= 15 is 0 Å². The molecule has 0 saturated carbocycles. The highest BCUT2D eigenvalue weighted by Crippen LogP contribution is 2.29. The molecule has 0 N–H and O–H groups in total. The third kappa shape index (κ3) is 10.5. The lowest BCUT2D eigenvalue weighted by Gasteiger charge is -2.11. The molecule has 0 aliphatic carbocycles. The van der Waals surface area contributed by atoms with Gasteiger partial charge in [-0.15, -0.1) is 0 Å². The minimum atomic E-state index is -0.308. The molecule has 1 atom stereocenters. The first-order chi connectivity index (χ1) is 8.24. The van der Waals surface area contributed by atoms with Crippen LogP contribution in [0.2, 0.25) is 0 Å². The highest BCUT2D eigenvalue weighted by atomic mass is 33.1. The van der Waals surface area contributed by atoms with E-state index in [1.807, 2.05) is 10.8 Å². The molecule has 0 heterocycles. The zero-order chi connectivity index (χ0) is 12.9. The molecule has 0 aromatic heterocycles. The molecule has 0 rings (SSSR count). The van der Waals surface area contributed by atoms with Crippen LogP contribution < -0.4 is 0 Å². The molecule has 0 amide bonds. The summed E-state index contributed by atoms with van der Waals surface area (Å²) in [5, 5.41) is 0.666. The zero-order valence-corrected chi connectivity index (χ0v) is 12.0. The average molecular weight is 280 g/mol. The van der Waals surface area contributed by atoms with E-state index in [9.17, 15) is 9.59 Å². The lowest BCUT2D eigenvalue weighted by atomic mass is 10.1. The van der Waals surface area contributed by atoms with Crippen molar-refractivity contribution in [1.82, 2.24) is 0 Å². The molecule has 6 heteroatoms. The third-order valence-corrected chi connectivity index (χ3v) is 4.63. The van der Waals surface area contributed by atoms with Crippen LogP contribution in [0, 0.1) is 0 Å². The summed E-state index contributed by atoms with van der Waals surface area (Å²) >= 11 is 0. The Labute approximate surface area is 111 Å². The van der Waals surface area contributed by atoms with Crippen LogP contribution in [0.4, 0.5) is 0 Å². The highest BCUT2D eigenvalue weighted by Gasteiger charge is 2.07. The van der Waals surface area contributed by atoms with E-state index < -0.39 is 0 Å². The first-order valence-electron chi connectivity index (χ1n) is 5.64. The number of unbranched alkanes of at least 4 members (excludes halogenated alkanes) is 1. The topological polar surface area (TPSA) is 52.6 Å². The van der Waals surface area contributed by atoms with E-state index in [2.05, 4.69) is 22.7 Å². The van der Waals surface area contributed by atoms with Gasteiger partial charge in [-0.3, -0.25) is 9.59 Å². The molecule has 0 saturated heterocycles. The van der Waals surface area contributed by atoms with Gasteiger partial charge in [0.05, 0.1) is 0 Å². The molecule has 0 aliphatic heterocycles. The average Bonchev–Trinajstić information content (AvgIpc) is 2.33. The molecule has 0 aliphatic rings. The molecule has 0 radical (unpaired) electrons. The number of rotatable bonds is 11. The Hall–Kier alpha value is -0.360. The Balaban J connectivity index is 3.42. The Morgan fingerprint density at radius 1 is 1.41 bits per heavy atom. The first kappa shape index (κ1) is 16.6. The van der Waals surface area contributed by atoms with E-state index in [1.165, 1.54) is 0 Å². The summed E-state index contributed by atoms with van der Waals surface area (Å²) in [5.41, 5.74) is 0. The predicted molar refractivity (Wildman–Crippen MR) is 71.8 cm³/mol. The van der Waals surface area contributed by atoms with Gasteiger partial charge in [-0.05, 0) is 25.5 Å². The second-order valence-electron chi connectivity index (χ2n) is 3.44. The quantitative estimate of drug-likeness (QED) is 0.191. The highest BCUT2D eigenvalue weighted by molar-refractivity contribution is 8.76. The monoisotopic (exact) mass is 280 g/mol. The number of ether oxygens (including phenoxy) is 2. The van der Waals surface area contributed by atoms with Gasteiger partial charge in [-0.25, -0.2) is 0 Å². The van der Waals surface area contributed by atoms with E-state index in [0.717, 1.165) is 25.7 Å². The van der Waals surface area contributed by atoms with Crippen molar-refractivity contribution in [3.63, 3.8) is 0 Å². The van der Waals surface area contributed by atoms with E-state index in [4.69, 9.17) is 0 Å². The molecule has 0 bridgehead atoms. The molecule has 0 aromatic carbocycles. The Morgan fingerprint density at radius 3 is 2.76 bits per heavy atom. The van der Waals surface area contributed by atoms with Crippen molar-refractivity contribution in [2.75, 3.05) is 13.0 Å². The van der Waals surface area contributed by atoms with Crippen molar-refractivity contribution in [2.24, 2.45) is 0 Å². The molecular weight excluding hydrogens is 260 g/mol. The van der Waals surface area contributed by atoms with E-state index in [-0.39, 0.29) is 19.2 Å². The van der Waals surface area contributed by atoms with Gasteiger partial charge in [0.2, 0.25) is 6.79 Å². The molecule has 0 spiro atoms. The number of carbonyl (C=O) groups excluding carboxylic acids is 2. The summed E-state index contributed by atoms with van der Waals surface area (Å²) in [4.78, 5) is 20.9. The second kappa shape index (κ2) is 12.1. The number of carbonyl (C=O) groups is 2. The third-order valence-electron chi connectivity index (χ3n) is 2.20. The fraction of sp³-hybridized carbons (Fsp3) is 0.818. The summed E-state index contributed by atoms with van der Waals surface area (Å²) < 4.78 is 8.93. The Bertz CT molecular complexity index is 212. The first-order valence-corrected chi connectivity index (χ1v) is 8.27. The standard InChI is InChI=1S/C11H20O4S2/c1-3-10(17-16-2)6-4-5-7-11(13)15-9-14-8-12/h8,10H,3-7,9H2,1-2H3. The number of hydrogen-bond donors (Lipinski definition) is 0. The van der Waals surface area contributed by atoms with Crippen molar-refractivity contribution in [2.45, 2.75) is 44.3 Å². The fourth-order valence-corrected chi connectivity index (χ4v) is 3.48. The maximum Gasteiger partial charge on any atom is 0.308 e. The largest absolute Gasteiger partial charge is 0.430 e. The van der Waals surface area contributed by atoms with Gasteiger partial charge >= 0.3 is 5.97 Å². The molecule has 100 valence electrons. The van der Waals surface area contributed by atoms with Crippen molar-refractivity contribution < 1.29 is 19.1 Å². The van der Waals surface area contributed by atoms with Crippen LogP contribution in [-0.2, 0) is 19.1 Å². The second-order valence-corrected chi connectivity index (χ2v) is 6.21. The summed E-state index contributed by atoms with van der Waals surface area (Å²) in [7, 11) is 3.68. The van der Waals surface area contributed by atoms with Crippen LogP contribution in [0.1, 0.15) is 39.0 Å². The van der Waals surface area contributed by atoms with Crippen molar-refractivity contribution >= 4 is 34.0 Å². The van der Waals surface area contributed by atoms with Gasteiger partial charge in [-0.2, -0.15) is 0 Å². The minimum Gasteiger partial charge on any atom is -0.430 e. The van der Waals surface area contributed by atoms with Gasteiger partial charge < -0.3 is 9.47 Å². The number of hydrogen-bond acceptors (Lipinski definition) is 6. The van der Waals surface area contributed by atoms with Gasteiger partial charge in [0, 0.05) is 11.7 Å². The maximum absolute atomic E-state index is 11.1. The molecule has 0 fully saturated rings. The molecule has 0 aromatic rings. The summed E-state index contributed by atoms with van der Waals surface area (Å²) in [6.07, 6.45) is 6.60. The molecular formula is C11H20O4S2. The van der Waals surface area contributed by atoms with E-state index in [1.54, 1.807) is 10.8 Å². The minimum absolute atomic E-state index is 0.263. The normalized spacial score (nSPS) is 11.9. The molecule has 1 unspecified atom stereocenters. The zero-order valence-electron chi connectivity index (χ0n) is 10.3. The van der Waals surface area contributed by atoms with Crippen molar-refractivity contribution in [1.29, 1.82) is 0 Å². The Kier molecular flexibility index (Phi) is 11.8. The van der Waals surface area contributed by atoms with Crippen molar-refractivity contribution in [3.8, 4) is 0 Å². The van der Waals surface area contributed by atoms with Gasteiger partial charge in [0.1, 0.15) is 0 Å². The maximum atomic E-state index is 11.1.